The van der Waals surface area contributed by atoms with Crippen LogP contribution in [0.15, 0.2) is 43.1 Å². The zero-order valence-electron chi connectivity index (χ0n) is 16.1. The minimum Gasteiger partial charge on any atom is -0.497 e. The predicted molar refractivity (Wildman–Crippen MR) is 108 cm³/mol. The number of methoxy groups -OCH3 is 1. The van der Waals surface area contributed by atoms with Gasteiger partial charge in [0.15, 0.2) is 0 Å². The summed E-state index contributed by atoms with van der Waals surface area (Å²) in [7, 11) is 1.59. The molecule has 0 radical (unpaired) electrons. The number of H-pyrrole nitrogens is 1. The van der Waals surface area contributed by atoms with E-state index in [1.165, 1.54) is 0 Å². The number of hydrogen-bond donors (Lipinski definition) is 2. The van der Waals surface area contributed by atoms with Gasteiger partial charge in [0.2, 0.25) is 5.91 Å². The van der Waals surface area contributed by atoms with E-state index in [2.05, 4.69) is 22.1 Å². The summed E-state index contributed by atoms with van der Waals surface area (Å²) in [4.78, 5) is 26.8. The van der Waals surface area contributed by atoms with E-state index in [-0.39, 0.29) is 17.7 Å². The van der Waals surface area contributed by atoms with Crippen molar-refractivity contribution < 1.29 is 14.3 Å². The van der Waals surface area contributed by atoms with Crippen molar-refractivity contribution in [1.82, 2.24) is 15.1 Å². The Morgan fingerprint density at radius 2 is 2.18 bits per heavy atom. The topological polar surface area (TPSA) is 87.3 Å². The highest BCUT2D eigenvalue weighted by Crippen LogP contribution is 2.31. The van der Waals surface area contributed by atoms with E-state index in [0.29, 0.717) is 36.4 Å². The second kappa shape index (κ2) is 9.21. The number of likely N-dealkylation sites (tertiary alicyclic amines) is 1. The first-order chi connectivity index (χ1) is 13.6. The standard InChI is InChI=1S/C21H26N4O3/c1-3-4-7-19(26)25-12-5-6-16(14-25)20-18(13-22-24-20)23-21(27)15-8-10-17(28-2)11-9-15/h3,8-11,13,16H,1,4-7,12,14H2,2H3,(H,22,24)(H,23,27)/t16-/m1/s1. The summed E-state index contributed by atoms with van der Waals surface area (Å²) in [6, 6.07) is 6.93. The van der Waals surface area contributed by atoms with Crippen LogP contribution in [-0.2, 0) is 4.79 Å². The fourth-order valence-electron chi connectivity index (χ4n) is 3.47. The van der Waals surface area contributed by atoms with Crippen LogP contribution in [0.3, 0.4) is 0 Å². The van der Waals surface area contributed by atoms with Gasteiger partial charge in [-0.05, 0) is 43.5 Å². The Kier molecular flexibility index (Phi) is 6.47. The number of ether oxygens (including phenoxy) is 1. The van der Waals surface area contributed by atoms with Crippen molar-refractivity contribution in [3.63, 3.8) is 0 Å². The number of carbonyl (C=O) groups excluding carboxylic acids is 2. The van der Waals surface area contributed by atoms with E-state index in [9.17, 15) is 9.59 Å². The van der Waals surface area contributed by atoms with Crippen LogP contribution in [0.4, 0.5) is 5.69 Å². The molecule has 148 valence electrons. The minimum absolute atomic E-state index is 0.120. The monoisotopic (exact) mass is 382 g/mol. The van der Waals surface area contributed by atoms with E-state index in [1.54, 1.807) is 43.6 Å². The molecule has 3 rings (SSSR count). The highest BCUT2D eigenvalue weighted by Gasteiger charge is 2.27. The van der Waals surface area contributed by atoms with Crippen LogP contribution in [0.25, 0.3) is 0 Å². The van der Waals surface area contributed by atoms with Gasteiger partial charge in [-0.2, -0.15) is 5.10 Å². The fourth-order valence-corrected chi connectivity index (χ4v) is 3.47. The molecule has 7 heteroatoms. The van der Waals surface area contributed by atoms with Crippen LogP contribution in [0, 0.1) is 0 Å². The first-order valence-corrected chi connectivity index (χ1v) is 9.49. The number of nitrogens with one attached hydrogen (secondary N) is 2. The summed E-state index contributed by atoms with van der Waals surface area (Å²) in [5.41, 5.74) is 2.06. The fraction of sp³-hybridized carbons (Fsp3) is 0.381. The Balaban J connectivity index is 1.67. The Hall–Kier alpha value is -3.09. The van der Waals surface area contributed by atoms with Gasteiger partial charge in [0.1, 0.15) is 5.75 Å². The molecule has 1 saturated heterocycles. The summed E-state index contributed by atoms with van der Waals surface area (Å²) in [6.07, 6.45) is 6.43. The molecule has 1 aromatic carbocycles. The molecule has 2 amide bonds. The van der Waals surface area contributed by atoms with E-state index in [0.717, 1.165) is 25.1 Å². The molecule has 28 heavy (non-hydrogen) atoms. The average molecular weight is 382 g/mol. The maximum Gasteiger partial charge on any atom is 0.255 e. The average Bonchev–Trinajstić information content (AvgIpc) is 3.20. The Bertz CT molecular complexity index is 828. The largest absolute Gasteiger partial charge is 0.497 e. The summed E-state index contributed by atoms with van der Waals surface area (Å²) >= 11 is 0. The third-order valence-corrected chi connectivity index (χ3v) is 5.01. The van der Waals surface area contributed by atoms with Crippen LogP contribution in [0.1, 0.15) is 47.7 Å². The molecule has 2 N–H and O–H groups in total. The van der Waals surface area contributed by atoms with Crippen LogP contribution in [0.5, 0.6) is 5.75 Å². The van der Waals surface area contributed by atoms with Crippen LogP contribution >= 0.6 is 0 Å². The van der Waals surface area contributed by atoms with Gasteiger partial charge in [-0.1, -0.05) is 6.08 Å². The number of rotatable bonds is 7. The molecule has 2 aromatic rings. The summed E-state index contributed by atoms with van der Waals surface area (Å²) < 4.78 is 5.12. The number of amides is 2. The SMILES string of the molecule is C=CCCC(=O)N1CCC[C@@H](c2[nH]ncc2NC(=O)c2ccc(OC)cc2)C1. The van der Waals surface area contributed by atoms with Crippen molar-refractivity contribution in [2.75, 3.05) is 25.5 Å². The van der Waals surface area contributed by atoms with Gasteiger partial charge in [-0.25, -0.2) is 0 Å². The van der Waals surface area contributed by atoms with Crippen molar-refractivity contribution in [1.29, 1.82) is 0 Å². The number of nitrogens with zero attached hydrogens (tertiary/aromatic N) is 2. The summed E-state index contributed by atoms with van der Waals surface area (Å²) in [6.45, 7) is 5.08. The molecule has 1 aliphatic rings. The number of piperidine rings is 1. The number of hydrogen-bond acceptors (Lipinski definition) is 4. The highest BCUT2D eigenvalue weighted by molar-refractivity contribution is 6.04. The molecular weight excluding hydrogens is 356 g/mol. The van der Waals surface area contributed by atoms with E-state index in [1.807, 2.05) is 4.90 Å². The third-order valence-electron chi connectivity index (χ3n) is 5.01. The lowest BCUT2D eigenvalue weighted by molar-refractivity contribution is -0.132. The van der Waals surface area contributed by atoms with Crippen molar-refractivity contribution in [2.45, 2.75) is 31.6 Å². The lowest BCUT2D eigenvalue weighted by Gasteiger charge is -2.32. The molecule has 1 aromatic heterocycles. The Morgan fingerprint density at radius 3 is 2.89 bits per heavy atom. The smallest absolute Gasteiger partial charge is 0.255 e. The third kappa shape index (κ3) is 4.60. The molecular formula is C21H26N4O3. The number of carbonyl (C=O) groups is 2. The number of aromatic amines is 1. The molecule has 2 heterocycles. The molecule has 0 aliphatic carbocycles. The van der Waals surface area contributed by atoms with E-state index < -0.39 is 0 Å². The number of anilines is 1. The van der Waals surface area contributed by atoms with Gasteiger partial charge in [-0.3, -0.25) is 14.7 Å². The van der Waals surface area contributed by atoms with Crippen LogP contribution in [-0.4, -0.2) is 47.1 Å². The molecule has 0 spiro atoms. The Morgan fingerprint density at radius 1 is 1.39 bits per heavy atom. The summed E-state index contributed by atoms with van der Waals surface area (Å²) in [5, 5.41) is 10.1. The number of allylic oxidation sites excluding steroid dienone is 1. The zero-order chi connectivity index (χ0) is 19.9. The quantitative estimate of drug-likeness (QED) is 0.719. The van der Waals surface area contributed by atoms with Crippen LogP contribution < -0.4 is 10.1 Å². The maximum atomic E-state index is 12.6. The van der Waals surface area contributed by atoms with Gasteiger partial charge in [0, 0.05) is 31.0 Å². The van der Waals surface area contributed by atoms with Crippen molar-refractivity contribution in [3.8, 4) is 5.75 Å². The first kappa shape index (κ1) is 19.7. The molecule has 1 fully saturated rings. The molecule has 0 saturated carbocycles. The zero-order valence-corrected chi connectivity index (χ0v) is 16.1. The lowest BCUT2D eigenvalue weighted by Crippen LogP contribution is -2.39. The molecule has 0 bridgehead atoms. The van der Waals surface area contributed by atoms with Gasteiger partial charge in [0.05, 0.1) is 24.7 Å². The van der Waals surface area contributed by atoms with Crippen molar-refractivity contribution in [2.24, 2.45) is 0 Å². The van der Waals surface area contributed by atoms with Crippen LogP contribution in [0.2, 0.25) is 0 Å². The maximum absolute atomic E-state index is 12.6. The lowest BCUT2D eigenvalue weighted by atomic mass is 9.93. The normalized spacial score (nSPS) is 16.5. The van der Waals surface area contributed by atoms with Gasteiger partial charge < -0.3 is 15.0 Å². The Labute approximate surface area is 164 Å². The first-order valence-electron chi connectivity index (χ1n) is 9.49. The van der Waals surface area contributed by atoms with Gasteiger partial charge >= 0.3 is 0 Å². The van der Waals surface area contributed by atoms with Crippen molar-refractivity contribution >= 4 is 17.5 Å². The number of benzene rings is 1. The molecule has 1 aliphatic heterocycles. The molecule has 0 unspecified atom stereocenters. The second-order valence-corrected chi connectivity index (χ2v) is 6.89. The van der Waals surface area contributed by atoms with E-state index in [4.69, 9.17) is 4.74 Å². The number of aromatic nitrogens is 2. The van der Waals surface area contributed by atoms with Crippen molar-refractivity contribution in [3.05, 3.63) is 54.4 Å². The molecule has 7 nitrogen and oxygen atoms in total. The minimum atomic E-state index is -0.208. The molecule has 1 atom stereocenters. The highest BCUT2D eigenvalue weighted by atomic mass is 16.5. The summed E-state index contributed by atoms with van der Waals surface area (Å²) in [5.74, 6) is 0.757. The predicted octanol–water partition coefficient (Wildman–Crippen LogP) is 3.34. The van der Waals surface area contributed by atoms with Gasteiger partial charge in [0.25, 0.3) is 5.91 Å². The second-order valence-electron chi connectivity index (χ2n) is 6.89. The van der Waals surface area contributed by atoms with E-state index >= 15 is 0 Å². The van der Waals surface area contributed by atoms with Gasteiger partial charge in [-0.15, -0.1) is 6.58 Å².